The summed E-state index contributed by atoms with van der Waals surface area (Å²) in [5.41, 5.74) is 5.87. The van der Waals surface area contributed by atoms with Gasteiger partial charge in [0.05, 0.1) is 18.1 Å². The van der Waals surface area contributed by atoms with E-state index in [0.717, 1.165) is 48.6 Å². The highest BCUT2D eigenvalue weighted by molar-refractivity contribution is 6.35. The first-order valence-electron chi connectivity index (χ1n) is 10.2. The zero-order valence-corrected chi connectivity index (χ0v) is 18.6. The van der Waals surface area contributed by atoms with Crippen LogP contribution in [0, 0.1) is 5.82 Å². The van der Waals surface area contributed by atoms with E-state index in [4.69, 9.17) is 23.2 Å². The van der Waals surface area contributed by atoms with Crippen LogP contribution in [-0.4, -0.2) is 46.0 Å². The lowest BCUT2D eigenvalue weighted by Crippen LogP contribution is -2.46. The van der Waals surface area contributed by atoms with Gasteiger partial charge in [0.2, 0.25) is 0 Å². The Morgan fingerprint density at radius 3 is 2.44 bits per heavy atom. The molecule has 32 heavy (non-hydrogen) atoms. The normalized spacial score (nSPS) is 14.2. The maximum Gasteiger partial charge on any atom is 0.185 e. The first kappa shape index (κ1) is 20.8. The summed E-state index contributed by atoms with van der Waals surface area (Å²) < 4.78 is 13.2. The zero-order valence-electron chi connectivity index (χ0n) is 17.0. The van der Waals surface area contributed by atoms with Gasteiger partial charge in [0.1, 0.15) is 18.0 Å². The second kappa shape index (κ2) is 8.80. The Bertz CT molecular complexity index is 1240. The molecular weight excluding hydrogens is 452 g/mol. The van der Waals surface area contributed by atoms with Gasteiger partial charge in [0, 0.05) is 41.9 Å². The molecule has 1 aliphatic heterocycles. The summed E-state index contributed by atoms with van der Waals surface area (Å²) in [6, 6.07) is 12.0. The van der Waals surface area contributed by atoms with Gasteiger partial charge in [-0.2, -0.15) is 9.89 Å². The Morgan fingerprint density at radius 1 is 0.938 bits per heavy atom. The summed E-state index contributed by atoms with van der Waals surface area (Å²) in [7, 11) is 0. The summed E-state index contributed by atoms with van der Waals surface area (Å²) in [5, 5.41) is 6.51. The molecule has 2 aromatic heterocycles. The molecule has 10 heteroatoms. The van der Waals surface area contributed by atoms with Crippen LogP contribution in [0.25, 0.3) is 11.0 Å². The lowest BCUT2D eigenvalue weighted by molar-refractivity contribution is 0.624. The lowest BCUT2D eigenvalue weighted by atomic mass is 10.2. The van der Waals surface area contributed by atoms with Crippen molar-refractivity contribution in [2.45, 2.75) is 6.54 Å². The molecule has 164 valence electrons. The van der Waals surface area contributed by atoms with Gasteiger partial charge >= 0.3 is 0 Å². The average molecular weight is 472 g/mol. The van der Waals surface area contributed by atoms with Gasteiger partial charge in [0.25, 0.3) is 0 Å². The molecule has 0 aliphatic carbocycles. The number of nitrogens with zero attached hydrogens (tertiary/aromatic N) is 6. The van der Waals surface area contributed by atoms with Gasteiger partial charge in [-0.15, -0.1) is 0 Å². The summed E-state index contributed by atoms with van der Waals surface area (Å²) in [5.74, 6) is 0.631. The molecule has 1 N–H and O–H groups in total. The van der Waals surface area contributed by atoms with E-state index < -0.39 is 0 Å². The van der Waals surface area contributed by atoms with Crippen molar-refractivity contribution in [3.8, 4) is 0 Å². The molecule has 1 aliphatic rings. The second-order valence-corrected chi connectivity index (χ2v) is 8.36. The fourth-order valence-corrected chi connectivity index (χ4v) is 4.33. The number of hydrogen-bond acceptors (Lipinski definition) is 6. The van der Waals surface area contributed by atoms with Crippen molar-refractivity contribution in [3.63, 3.8) is 0 Å². The van der Waals surface area contributed by atoms with Crippen LogP contribution in [0.4, 0.5) is 15.9 Å². The van der Waals surface area contributed by atoms with Crippen molar-refractivity contribution in [1.29, 1.82) is 0 Å². The Kier molecular flexibility index (Phi) is 5.71. The number of anilines is 2. The molecule has 5 rings (SSSR count). The highest BCUT2D eigenvalue weighted by Gasteiger charge is 2.21. The van der Waals surface area contributed by atoms with Crippen LogP contribution >= 0.6 is 23.2 Å². The molecule has 3 heterocycles. The van der Waals surface area contributed by atoms with E-state index in [1.807, 2.05) is 18.2 Å². The van der Waals surface area contributed by atoms with E-state index in [9.17, 15) is 4.39 Å². The van der Waals surface area contributed by atoms with E-state index >= 15 is 0 Å². The minimum Gasteiger partial charge on any atom is -0.368 e. The lowest BCUT2D eigenvalue weighted by Gasteiger charge is -2.36. The van der Waals surface area contributed by atoms with E-state index in [2.05, 4.69) is 30.3 Å². The number of hydrogen-bond donors (Lipinski definition) is 1. The number of piperazine rings is 1. The van der Waals surface area contributed by atoms with Crippen LogP contribution in [0.5, 0.6) is 0 Å². The first-order chi connectivity index (χ1) is 15.6. The van der Waals surface area contributed by atoms with Crippen LogP contribution < -0.4 is 15.2 Å². The summed E-state index contributed by atoms with van der Waals surface area (Å²) in [6.45, 7) is 3.70. The van der Waals surface area contributed by atoms with Crippen LogP contribution in [0.3, 0.4) is 0 Å². The molecule has 0 atom stereocenters. The van der Waals surface area contributed by atoms with E-state index in [-0.39, 0.29) is 5.82 Å². The number of fused-ring (bicyclic) bond motifs is 1. The first-order valence-corrected chi connectivity index (χ1v) is 11.0. The third-order valence-corrected chi connectivity index (χ3v) is 6.14. The molecule has 4 aromatic rings. The van der Waals surface area contributed by atoms with Crippen molar-refractivity contribution in [1.82, 2.24) is 19.9 Å². The Hall–Kier alpha value is -3.10. The average Bonchev–Trinajstić information content (AvgIpc) is 3.22. The van der Waals surface area contributed by atoms with E-state index in [0.29, 0.717) is 22.2 Å². The van der Waals surface area contributed by atoms with Gasteiger partial charge in [0.15, 0.2) is 5.65 Å². The Labute approximate surface area is 194 Å². The second-order valence-electron chi connectivity index (χ2n) is 7.51. The van der Waals surface area contributed by atoms with Crippen LogP contribution in [0.2, 0.25) is 10.0 Å². The molecule has 1 fully saturated rings. The predicted molar refractivity (Wildman–Crippen MR) is 126 cm³/mol. The monoisotopic (exact) mass is 471 g/mol. The largest absolute Gasteiger partial charge is 0.368 e. The van der Waals surface area contributed by atoms with Gasteiger partial charge < -0.3 is 15.2 Å². The Balaban J connectivity index is 1.30. The van der Waals surface area contributed by atoms with Crippen molar-refractivity contribution in [2.75, 3.05) is 41.4 Å². The molecular formula is C22H20Cl2FN7. The van der Waals surface area contributed by atoms with Crippen molar-refractivity contribution in [2.24, 2.45) is 0 Å². The molecule has 1 saturated heterocycles. The fourth-order valence-electron chi connectivity index (χ4n) is 3.85. The predicted octanol–water partition coefficient (Wildman–Crippen LogP) is 4.34. The number of aromatic nitrogens is 4. The van der Waals surface area contributed by atoms with Crippen molar-refractivity contribution >= 4 is 45.7 Å². The Morgan fingerprint density at radius 2 is 1.69 bits per heavy atom. The van der Waals surface area contributed by atoms with Gasteiger partial charge in [-0.25, -0.2) is 14.4 Å². The van der Waals surface area contributed by atoms with Gasteiger partial charge in [-0.05, 0) is 42.0 Å². The van der Waals surface area contributed by atoms with Crippen LogP contribution in [0.15, 0.2) is 55.0 Å². The molecule has 0 bridgehead atoms. The molecule has 0 unspecified atom stereocenters. The standard InChI is InChI=1S/C22H20Cl2FN7/c23-16-2-1-15(20(24)11-16)12-28-32-22-19(13-29-32)21(26-14-27-22)31-9-7-30(8-10-31)18-5-3-17(25)4-6-18/h1-6,11,13-14,28H,7-10,12H2. The maximum absolute atomic E-state index is 13.2. The molecule has 0 spiro atoms. The van der Waals surface area contributed by atoms with Crippen LogP contribution in [-0.2, 0) is 6.54 Å². The summed E-state index contributed by atoms with van der Waals surface area (Å²) in [6.07, 6.45) is 3.33. The van der Waals surface area contributed by atoms with E-state index in [1.165, 1.54) is 12.1 Å². The highest BCUT2D eigenvalue weighted by atomic mass is 35.5. The zero-order chi connectivity index (χ0) is 22.1. The van der Waals surface area contributed by atoms with Crippen molar-refractivity contribution in [3.05, 3.63) is 76.4 Å². The topological polar surface area (TPSA) is 62.1 Å². The summed E-state index contributed by atoms with van der Waals surface area (Å²) >= 11 is 12.2. The molecule has 2 aromatic carbocycles. The molecule has 0 saturated carbocycles. The SMILES string of the molecule is Fc1ccc(N2CCN(c3ncnc4c3cnn4NCc3ccc(Cl)cc3Cl)CC2)cc1. The van der Waals surface area contributed by atoms with Gasteiger partial charge in [-0.3, -0.25) is 0 Å². The summed E-state index contributed by atoms with van der Waals surface area (Å²) in [4.78, 5) is 15.1. The molecule has 0 amide bonds. The van der Waals surface area contributed by atoms with Gasteiger partial charge in [-0.1, -0.05) is 29.3 Å². The third kappa shape index (κ3) is 4.16. The number of halogens is 3. The third-order valence-electron chi connectivity index (χ3n) is 5.55. The quantitative estimate of drug-likeness (QED) is 0.466. The van der Waals surface area contributed by atoms with E-state index in [1.54, 1.807) is 29.4 Å². The number of benzene rings is 2. The minimum absolute atomic E-state index is 0.222. The molecule has 7 nitrogen and oxygen atoms in total. The van der Waals surface area contributed by atoms with Crippen molar-refractivity contribution < 1.29 is 4.39 Å². The minimum atomic E-state index is -0.222. The molecule has 0 radical (unpaired) electrons. The fraction of sp³-hybridized carbons (Fsp3) is 0.227. The highest BCUT2D eigenvalue weighted by Crippen LogP contribution is 2.26. The number of rotatable bonds is 5. The number of nitrogens with one attached hydrogen (secondary N) is 1. The van der Waals surface area contributed by atoms with Crippen LogP contribution in [0.1, 0.15) is 5.56 Å². The maximum atomic E-state index is 13.2. The smallest absolute Gasteiger partial charge is 0.185 e.